The summed E-state index contributed by atoms with van der Waals surface area (Å²) in [4.78, 5) is 10.5. The number of unbranched alkanes of at least 4 members (excludes halogenated alkanes) is 1. The minimum Gasteiger partial charge on any atom is -0.481 e. The van der Waals surface area contributed by atoms with Gasteiger partial charge in [-0.25, -0.2) is 0 Å². The van der Waals surface area contributed by atoms with E-state index in [1.165, 1.54) is 11.4 Å². The van der Waals surface area contributed by atoms with Crippen LogP contribution in [0.2, 0.25) is 0 Å². The van der Waals surface area contributed by atoms with Crippen LogP contribution in [0.25, 0.3) is 0 Å². The van der Waals surface area contributed by atoms with Crippen LogP contribution in [-0.2, 0) is 15.0 Å². The lowest BCUT2D eigenvalue weighted by Gasteiger charge is -2.28. The Balaban J connectivity index is 4.50. The van der Waals surface area contributed by atoms with Crippen LogP contribution in [0.1, 0.15) is 46.5 Å². The summed E-state index contributed by atoms with van der Waals surface area (Å²) >= 11 is 0. The molecule has 0 saturated heterocycles. The van der Waals surface area contributed by atoms with E-state index in [2.05, 4.69) is 4.72 Å². The highest BCUT2D eigenvalue weighted by molar-refractivity contribution is 7.87. The van der Waals surface area contributed by atoms with Crippen LogP contribution in [0.4, 0.5) is 0 Å². The van der Waals surface area contributed by atoms with E-state index in [1.54, 1.807) is 13.8 Å². The lowest BCUT2D eigenvalue weighted by atomic mass is 10.0. The van der Waals surface area contributed by atoms with Gasteiger partial charge < -0.3 is 5.11 Å². The maximum atomic E-state index is 12.0. The predicted molar refractivity (Wildman–Crippen MR) is 70.5 cm³/mol. The molecule has 0 bridgehead atoms. The van der Waals surface area contributed by atoms with Gasteiger partial charge in [0.1, 0.15) is 0 Å². The van der Waals surface area contributed by atoms with Crippen molar-refractivity contribution in [2.24, 2.45) is 0 Å². The number of rotatable bonds is 9. The first-order valence-corrected chi connectivity index (χ1v) is 7.52. The first-order chi connectivity index (χ1) is 8.10. The molecule has 0 aliphatic rings. The summed E-state index contributed by atoms with van der Waals surface area (Å²) in [7, 11) is -2.03. The number of carboxylic acids is 1. The van der Waals surface area contributed by atoms with Crippen LogP contribution in [0.3, 0.4) is 0 Å². The van der Waals surface area contributed by atoms with E-state index in [4.69, 9.17) is 5.11 Å². The Bertz CT molecular complexity index is 365. The molecule has 0 spiro atoms. The van der Waals surface area contributed by atoms with E-state index in [0.29, 0.717) is 6.54 Å². The highest BCUT2D eigenvalue weighted by atomic mass is 32.2. The molecule has 0 rings (SSSR count). The van der Waals surface area contributed by atoms with Crippen molar-refractivity contribution >= 4 is 16.2 Å². The van der Waals surface area contributed by atoms with E-state index < -0.39 is 21.7 Å². The molecule has 0 atom stereocenters. The number of carboxylic acid groups (broad SMARTS) is 1. The molecular weight excluding hydrogens is 256 g/mol. The highest BCUT2D eigenvalue weighted by Gasteiger charge is 2.27. The Hall–Kier alpha value is -0.660. The van der Waals surface area contributed by atoms with Crippen LogP contribution in [0, 0.1) is 0 Å². The van der Waals surface area contributed by atoms with Crippen LogP contribution < -0.4 is 4.72 Å². The molecule has 0 aliphatic heterocycles. The molecule has 7 heteroatoms. The lowest BCUT2D eigenvalue weighted by molar-refractivity contribution is -0.137. The van der Waals surface area contributed by atoms with Crippen molar-refractivity contribution in [1.29, 1.82) is 0 Å². The lowest BCUT2D eigenvalue weighted by Crippen LogP contribution is -2.49. The zero-order valence-corrected chi connectivity index (χ0v) is 12.4. The third kappa shape index (κ3) is 6.93. The van der Waals surface area contributed by atoms with Crippen LogP contribution >= 0.6 is 0 Å². The summed E-state index contributed by atoms with van der Waals surface area (Å²) in [5.41, 5.74) is -0.766. The number of hydrogen-bond acceptors (Lipinski definition) is 3. The Morgan fingerprint density at radius 1 is 1.39 bits per heavy atom. The molecule has 0 fully saturated rings. The molecular formula is C11H24N2O4S. The van der Waals surface area contributed by atoms with Crippen LogP contribution in [0.15, 0.2) is 0 Å². The SMILES string of the molecule is CCCCN(C)S(=O)(=O)NC(C)(C)CCC(=O)O. The normalized spacial score (nSPS) is 12.9. The monoisotopic (exact) mass is 280 g/mol. The van der Waals surface area contributed by atoms with Gasteiger partial charge in [-0.2, -0.15) is 17.4 Å². The summed E-state index contributed by atoms with van der Waals surface area (Å²) in [6.45, 7) is 5.81. The van der Waals surface area contributed by atoms with Gasteiger partial charge in [-0.1, -0.05) is 13.3 Å². The van der Waals surface area contributed by atoms with Gasteiger partial charge >= 0.3 is 5.97 Å². The summed E-state index contributed by atoms with van der Waals surface area (Å²) in [6, 6.07) is 0. The fourth-order valence-electron chi connectivity index (χ4n) is 1.40. The second kappa shape index (κ2) is 7.06. The number of hydrogen-bond donors (Lipinski definition) is 2. The number of aliphatic carboxylic acids is 1. The molecule has 0 unspecified atom stereocenters. The van der Waals surface area contributed by atoms with Gasteiger partial charge in [-0.3, -0.25) is 4.79 Å². The largest absolute Gasteiger partial charge is 0.481 e. The molecule has 0 aliphatic carbocycles. The summed E-state index contributed by atoms with van der Waals surface area (Å²) in [5, 5.41) is 8.61. The third-order valence-corrected chi connectivity index (χ3v) is 4.42. The Morgan fingerprint density at radius 3 is 2.39 bits per heavy atom. The maximum Gasteiger partial charge on any atom is 0.303 e. The Kier molecular flexibility index (Phi) is 6.80. The Morgan fingerprint density at radius 2 is 1.94 bits per heavy atom. The zero-order chi connectivity index (χ0) is 14.4. The topological polar surface area (TPSA) is 86.7 Å². The highest BCUT2D eigenvalue weighted by Crippen LogP contribution is 2.14. The standard InChI is InChI=1S/C11H24N2O4S/c1-5-6-9-13(4)18(16,17)12-11(2,3)8-7-10(14)15/h12H,5-9H2,1-4H3,(H,14,15). The van der Waals surface area contributed by atoms with E-state index in [1.807, 2.05) is 6.92 Å². The van der Waals surface area contributed by atoms with Crippen molar-refractivity contribution in [3.8, 4) is 0 Å². The van der Waals surface area contributed by atoms with Gasteiger partial charge in [0.05, 0.1) is 0 Å². The fourth-order valence-corrected chi connectivity index (χ4v) is 2.72. The molecule has 0 aromatic heterocycles. The quantitative estimate of drug-likeness (QED) is 0.664. The summed E-state index contributed by atoms with van der Waals surface area (Å²) in [5.74, 6) is -0.929. The molecule has 0 amide bonds. The average Bonchev–Trinajstić information content (AvgIpc) is 2.21. The molecule has 0 radical (unpaired) electrons. The van der Waals surface area contributed by atoms with Crippen molar-refractivity contribution in [3.05, 3.63) is 0 Å². The van der Waals surface area contributed by atoms with Gasteiger partial charge in [0.25, 0.3) is 10.2 Å². The molecule has 18 heavy (non-hydrogen) atoms. The van der Waals surface area contributed by atoms with Crippen molar-refractivity contribution in [2.75, 3.05) is 13.6 Å². The second-order valence-electron chi connectivity index (χ2n) is 5.06. The third-order valence-electron chi connectivity index (χ3n) is 2.61. The second-order valence-corrected chi connectivity index (χ2v) is 6.84. The van der Waals surface area contributed by atoms with Gasteiger partial charge in [0, 0.05) is 25.6 Å². The molecule has 0 aromatic carbocycles. The fraction of sp³-hybridized carbons (Fsp3) is 0.909. The van der Waals surface area contributed by atoms with Crippen molar-refractivity contribution in [3.63, 3.8) is 0 Å². The van der Waals surface area contributed by atoms with E-state index in [0.717, 1.165) is 12.8 Å². The van der Waals surface area contributed by atoms with E-state index in [-0.39, 0.29) is 12.8 Å². The Labute approximate surface area is 110 Å². The zero-order valence-electron chi connectivity index (χ0n) is 11.6. The minimum absolute atomic E-state index is 0.0613. The number of nitrogens with zero attached hydrogens (tertiary/aromatic N) is 1. The molecule has 6 nitrogen and oxygen atoms in total. The van der Waals surface area contributed by atoms with Gasteiger partial charge in [0.15, 0.2) is 0 Å². The van der Waals surface area contributed by atoms with Gasteiger partial charge in [-0.05, 0) is 26.7 Å². The van der Waals surface area contributed by atoms with Crippen molar-refractivity contribution < 1.29 is 18.3 Å². The van der Waals surface area contributed by atoms with Crippen LogP contribution in [0.5, 0.6) is 0 Å². The van der Waals surface area contributed by atoms with Gasteiger partial charge in [0.2, 0.25) is 0 Å². The first-order valence-electron chi connectivity index (χ1n) is 6.08. The predicted octanol–water partition coefficient (Wildman–Crippen LogP) is 1.20. The molecule has 0 saturated carbocycles. The van der Waals surface area contributed by atoms with E-state index >= 15 is 0 Å². The van der Waals surface area contributed by atoms with E-state index in [9.17, 15) is 13.2 Å². The number of nitrogens with one attached hydrogen (secondary N) is 1. The molecule has 2 N–H and O–H groups in total. The molecule has 108 valence electrons. The van der Waals surface area contributed by atoms with Crippen molar-refractivity contribution in [1.82, 2.24) is 9.03 Å². The average molecular weight is 280 g/mol. The maximum absolute atomic E-state index is 12.0. The first kappa shape index (κ1) is 17.3. The molecule has 0 aromatic rings. The summed E-state index contributed by atoms with van der Waals surface area (Å²) < 4.78 is 27.7. The summed E-state index contributed by atoms with van der Waals surface area (Å²) in [6.07, 6.45) is 1.91. The molecule has 0 heterocycles. The van der Waals surface area contributed by atoms with Crippen LogP contribution in [-0.4, -0.2) is 42.9 Å². The smallest absolute Gasteiger partial charge is 0.303 e. The van der Waals surface area contributed by atoms with Crippen molar-refractivity contribution in [2.45, 2.75) is 52.0 Å². The number of carbonyl (C=O) groups is 1. The minimum atomic E-state index is -3.55. The van der Waals surface area contributed by atoms with Gasteiger partial charge in [-0.15, -0.1) is 0 Å².